The molecule has 0 unspecified atom stereocenters. The number of ether oxygens (including phenoxy) is 4. The standard InChI is InChI=1S/C19H29FO6/c1-16-6-7-18(17(20)15-16)26-19(22)5-3-2-4-9-23-11-13-25-14-12-24-10-8-21/h6-7,15,21H,2-5,8-14H2,1H3. The van der Waals surface area contributed by atoms with Crippen LogP contribution in [0.5, 0.6) is 5.75 Å². The zero-order valence-electron chi connectivity index (χ0n) is 15.4. The second-order valence-electron chi connectivity index (χ2n) is 5.78. The number of rotatable bonds is 15. The highest BCUT2D eigenvalue weighted by Gasteiger charge is 2.09. The van der Waals surface area contributed by atoms with Crippen LogP contribution in [0.25, 0.3) is 0 Å². The van der Waals surface area contributed by atoms with Gasteiger partial charge in [0.05, 0.1) is 39.6 Å². The largest absolute Gasteiger partial charge is 0.423 e. The molecule has 1 N–H and O–H groups in total. The SMILES string of the molecule is Cc1ccc(OC(=O)CCCCCOCCOCCOCCO)c(F)c1. The first kappa shape index (κ1) is 22.5. The van der Waals surface area contributed by atoms with Gasteiger partial charge in [0.2, 0.25) is 0 Å². The lowest BCUT2D eigenvalue weighted by atomic mass is 10.2. The highest BCUT2D eigenvalue weighted by atomic mass is 19.1. The van der Waals surface area contributed by atoms with Crippen LogP contribution in [0.4, 0.5) is 4.39 Å². The predicted octanol–water partition coefficient (Wildman–Crippen LogP) is 2.64. The van der Waals surface area contributed by atoms with Crippen LogP contribution in [0.1, 0.15) is 31.2 Å². The van der Waals surface area contributed by atoms with E-state index in [4.69, 9.17) is 24.1 Å². The van der Waals surface area contributed by atoms with Gasteiger partial charge in [-0.25, -0.2) is 4.39 Å². The van der Waals surface area contributed by atoms with Crippen molar-refractivity contribution in [2.75, 3.05) is 46.2 Å². The topological polar surface area (TPSA) is 74.2 Å². The van der Waals surface area contributed by atoms with E-state index in [0.29, 0.717) is 46.1 Å². The monoisotopic (exact) mass is 372 g/mol. The quantitative estimate of drug-likeness (QED) is 0.290. The minimum atomic E-state index is -0.520. The third-order valence-corrected chi connectivity index (χ3v) is 3.46. The summed E-state index contributed by atoms with van der Waals surface area (Å²) in [6, 6.07) is 4.51. The Bertz CT molecular complexity index is 509. The van der Waals surface area contributed by atoms with Gasteiger partial charge in [0.25, 0.3) is 0 Å². The van der Waals surface area contributed by atoms with Crippen molar-refractivity contribution in [1.29, 1.82) is 0 Å². The predicted molar refractivity (Wildman–Crippen MR) is 94.8 cm³/mol. The normalized spacial score (nSPS) is 10.9. The molecule has 1 aromatic carbocycles. The van der Waals surface area contributed by atoms with Crippen LogP contribution in [-0.4, -0.2) is 57.3 Å². The fourth-order valence-electron chi connectivity index (χ4n) is 2.12. The zero-order valence-corrected chi connectivity index (χ0v) is 15.4. The molecular formula is C19H29FO6. The van der Waals surface area contributed by atoms with Crippen molar-refractivity contribution in [2.45, 2.75) is 32.6 Å². The molecule has 0 heterocycles. The van der Waals surface area contributed by atoms with Gasteiger partial charge in [-0.1, -0.05) is 12.5 Å². The van der Waals surface area contributed by atoms with Crippen molar-refractivity contribution in [3.05, 3.63) is 29.6 Å². The lowest BCUT2D eigenvalue weighted by Crippen LogP contribution is -2.11. The first-order valence-corrected chi connectivity index (χ1v) is 8.94. The number of unbranched alkanes of at least 4 members (excludes halogenated alkanes) is 2. The van der Waals surface area contributed by atoms with Gasteiger partial charge >= 0.3 is 5.97 Å². The summed E-state index contributed by atoms with van der Waals surface area (Å²) < 4.78 is 34.4. The Morgan fingerprint density at radius 3 is 2.27 bits per heavy atom. The molecule has 1 aromatic rings. The zero-order chi connectivity index (χ0) is 19.0. The van der Waals surface area contributed by atoms with Crippen molar-refractivity contribution in [2.24, 2.45) is 0 Å². The molecule has 1 rings (SSSR count). The molecule has 7 heteroatoms. The van der Waals surface area contributed by atoms with Gasteiger partial charge in [0.15, 0.2) is 11.6 Å². The van der Waals surface area contributed by atoms with Crippen LogP contribution in [0.3, 0.4) is 0 Å². The van der Waals surface area contributed by atoms with Crippen molar-refractivity contribution in [3.63, 3.8) is 0 Å². The van der Waals surface area contributed by atoms with E-state index in [9.17, 15) is 9.18 Å². The number of carbonyl (C=O) groups excluding carboxylic acids is 1. The van der Waals surface area contributed by atoms with Gasteiger partial charge in [0, 0.05) is 13.0 Å². The first-order valence-electron chi connectivity index (χ1n) is 8.94. The lowest BCUT2D eigenvalue weighted by molar-refractivity contribution is -0.134. The number of carbonyl (C=O) groups is 1. The fourth-order valence-corrected chi connectivity index (χ4v) is 2.12. The summed E-state index contributed by atoms with van der Waals surface area (Å²) in [5, 5.41) is 8.52. The number of hydrogen-bond donors (Lipinski definition) is 1. The third kappa shape index (κ3) is 11.1. The van der Waals surface area contributed by atoms with E-state index in [1.54, 1.807) is 13.0 Å². The number of benzene rings is 1. The summed E-state index contributed by atoms with van der Waals surface area (Å²) in [6.45, 7) is 4.67. The first-order chi connectivity index (χ1) is 12.6. The summed E-state index contributed by atoms with van der Waals surface area (Å²) >= 11 is 0. The number of aliphatic hydroxyl groups excluding tert-OH is 1. The molecule has 148 valence electrons. The molecule has 0 aromatic heterocycles. The Labute approximate surface area is 154 Å². The van der Waals surface area contributed by atoms with Crippen molar-refractivity contribution < 1.29 is 33.2 Å². The Morgan fingerprint density at radius 1 is 0.962 bits per heavy atom. The number of aryl methyl sites for hydroxylation is 1. The summed E-state index contributed by atoms with van der Waals surface area (Å²) in [7, 11) is 0. The molecular weight excluding hydrogens is 343 g/mol. The van der Waals surface area contributed by atoms with E-state index in [1.165, 1.54) is 12.1 Å². The summed E-state index contributed by atoms with van der Waals surface area (Å²) in [6.07, 6.45) is 2.60. The van der Waals surface area contributed by atoms with Crippen LogP contribution < -0.4 is 4.74 Å². The molecule has 0 saturated heterocycles. The molecule has 26 heavy (non-hydrogen) atoms. The summed E-state index contributed by atoms with van der Waals surface area (Å²) in [4.78, 5) is 11.7. The summed E-state index contributed by atoms with van der Waals surface area (Å²) in [5.74, 6) is -0.967. The van der Waals surface area contributed by atoms with E-state index in [2.05, 4.69) is 0 Å². The fraction of sp³-hybridized carbons (Fsp3) is 0.632. The van der Waals surface area contributed by atoms with Gasteiger partial charge in [-0.2, -0.15) is 0 Å². The van der Waals surface area contributed by atoms with Gasteiger partial charge in [0.1, 0.15) is 0 Å². The average molecular weight is 372 g/mol. The second kappa shape index (κ2) is 14.6. The molecule has 0 radical (unpaired) electrons. The third-order valence-electron chi connectivity index (χ3n) is 3.46. The summed E-state index contributed by atoms with van der Waals surface area (Å²) in [5.41, 5.74) is 0.780. The smallest absolute Gasteiger partial charge is 0.311 e. The van der Waals surface area contributed by atoms with Gasteiger partial charge in [-0.05, 0) is 37.5 Å². The number of aliphatic hydroxyl groups is 1. The van der Waals surface area contributed by atoms with Crippen molar-refractivity contribution in [3.8, 4) is 5.75 Å². The molecule has 6 nitrogen and oxygen atoms in total. The van der Waals surface area contributed by atoms with Crippen LogP contribution in [0.15, 0.2) is 18.2 Å². The molecule has 0 fully saturated rings. The number of halogens is 1. The van der Waals surface area contributed by atoms with Crippen LogP contribution >= 0.6 is 0 Å². The van der Waals surface area contributed by atoms with Crippen LogP contribution in [0.2, 0.25) is 0 Å². The van der Waals surface area contributed by atoms with Gasteiger partial charge in [-0.3, -0.25) is 4.79 Å². The minimum Gasteiger partial charge on any atom is -0.423 e. The van der Waals surface area contributed by atoms with Crippen LogP contribution in [-0.2, 0) is 19.0 Å². The average Bonchev–Trinajstić information content (AvgIpc) is 2.61. The molecule has 0 aliphatic carbocycles. The maximum Gasteiger partial charge on any atom is 0.311 e. The van der Waals surface area contributed by atoms with Crippen molar-refractivity contribution >= 4 is 5.97 Å². The van der Waals surface area contributed by atoms with Crippen LogP contribution in [0, 0.1) is 12.7 Å². The Morgan fingerprint density at radius 2 is 1.62 bits per heavy atom. The lowest BCUT2D eigenvalue weighted by Gasteiger charge is -2.07. The minimum absolute atomic E-state index is 0.0175. The molecule has 0 bridgehead atoms. The molecule has 0 spiro atoms. The van der Waals surface area contributed by atoms with Gasteiger partial charge in [-0.15, -0.1) is 0 Å². The molecule has 0 aliphatic rings. The highest BCUT2D eigenvalue weighted by molar-refractivity contribution is 5.72. The maximum absolute atomic E-state index is 13.6. The van der Waals surface area contributed by atoms with E-state index < -0.39 is 11.8 Å². The Balaban J connectivity index is 1.92. The van der Waals surface area contributed by atoms with Crippen molar-refractivity contribution in [1.82, 2.24) is 0 Å². The van der Waals surface area contributed by atoms with E-state index in [0.717, 1.165) is 18.4 Å². The molecule has 0 atom stereocenters. The molecule has 0 saturated carbocycles. The number of hydrogen-bond acceptors (Lipinski definition) is 6. The maximum atomic E-state index is 13.6. The van der Waals surface area contributed by atoms with E-state index in [1.807, 2.05) is 0 Å². The molecule has 0 aliphatic heterocycles. The van der Waals surface area contributed by atoms with Gasteiger partial charge < -0.3 is 24.1 Å². The number of esters is 1. The Hall–Kier alpha value is -1.54. The Kier molecular flexibility index (Phi) is 12.6. The highest BCUT2D eigenvalue weighted by Crippen LogP contribution is 2.18. The second-order valence-corrected chi connectivity index (χ2v) is 5.78. The molecule has 0 amide bonds. The van der Waals surface area contributed by atoms with E-state index in [-0.39, 0.29) is 18.8 Å². The van der Waals surface area contributed by atoms with E-state index >= 15 is 0 Å².